The number of carbonyl (C=O) groups is 3. The van der Waals surface area contributed by atoms with Crippen molar-refractivity contribution < 1.29 is 19.3 Å². The number of nitro benzene ring substituents is 1. The molecule has 1 spiro atoms. The van der Waals surface area contributed by atoms with Gasteiger partial charge in [0.05, 0.1) is 15.6 Å². The van der Waals surface area contributed by atoms with Crippen LogP contribution in [0.25, 0.3) is 0 Å². The number of rotatable bonds is 2. The largest absolute Gasteiger partial charge is 0.335 e. The highest BCUT2D eigenvalue weighted by Gasteiger charge is 2.62. The van der Waals surface area contributed by atoms with E-state index in [1.165, 1.54) is 6.07 Å². The standard InChI is InChI=1S/C12H8ClN3O5/c13-7-2-1-6(16(20)21)5-8(7)15-10(18)12(3-4-12)9(17)14-11(15)19/h1-2,5H,3-4H2,(H,14,17,19). The van der Waals surface area contributed by atoms with Gasteiger partial charge >= 0.3 is 6.03 Å². The van der Waals surface area contributed by atoms with Crippen LogP contribution in [-0.4, -0.2) is 22.8 Å². The lowest BCUT2D eigenvalue weighted by atomic mass is 10.0. The summed E-state index contributed by atoms with van der Waals surface area (Å²) in [6, 6.07) is 2.47. The summed E-state index contributed by atoms with van der Waals surface area (Å²) in [5.74, 6) is -1.33. The second-order valence-electron chi connectivity index (χ2n) is 4.87. The molecule has 2 fully saturated rings. The zero-order chi connectivity index (χ0) is 15.4. The molecule has 9 heteroatoms. The van der Waals surface area contributed by atoms with E-state index >= 15 is 0 Å². The van der Waals surface area contributed by atoms with E-state index in [0.717, 1.165) is 12.1 Å². The van der Waals surface area contributed by atoms with Crippen LogP contribution in [0, 0.1) is 15.5 Å². The van der Waals surface area contributed by atoms with Crippen LogP contribution in [0.1, 0.15) is 12.8 Å². The molecule has 1 N–H and O–H groups in total. The Bertz CT molecular complexity index is 713. The number of hydrogen-bond donors (Lipinski definition) is 1. The normalized spacial score (nSPS) is 19.7. The van der Waals surface area contributed by atoms with E-state index in [9.17, 15) is 24.5 Å². The number of non-ortho nitro benzene ring substituents is 1. The predicted octanol–water partition coefficient (Wildman–Crippen LogP) is 1.61. The van der Waals surface area contributed by atoms with Crippen molar-refractivity contribution in [2.24, 2.45) is 5.41 Å². The second-order valence-corrected chi connectivity index (χ2v) is 5.28. The quantitative estimate of drug-likeness (QED) is 0.507. The number of urea groups is 1. The molecule has 1 saturated carbocycles. The van der Waals surface area contributed by atoms with Gasteiger partial charge in [-0.15, -0.1) is 0 Å². The molecule has 0 bridgehead atoms. The number of halogens is 1. The summed E-state index contributed by atoms with van der Waals surface area (Å²) in [5.41, 5.74) is -1.65. The molecule has 1 aliphatic heterocycles. The molecule has 2 aliphatic rings. The molecule has 0 radical (unpaired) electrons. The van der Waals surface area contributed by atoms with Crippen LogP contribution in [0.4, 0.5) is 16.2 Å². The number of hydrogen-bond acceptors (Lipinski definition) is 5. The lowest BCUT2D eigenvalue weighted by molar-refractivity contribution is -0.384. The fourth-order valence-electron chi connectivity index (χ4n) is 2.25. The van der Waals surface area contributed by atoms with Gasteiger partial charge in [0.25, 0.3) is 11.6 Å². The van der Waals surface area contributed by atoms with Gasteiger partial charge in [-0.1, -0.05) is 11.6 Å². The van der Waals surface area contributed by atoms with Gasteiger partial charge in [0.2, 0.25) is 5.91 Å². The van der Waals surface area contributed by atoms with E-state index < -0.39 is 28.2 Å². The minimum atomic E-state index is -1.23. The molecular formula is C12H8ClN3O5. The summed E-state index contributed by atoms with van der Waals surface area (Å²) in [5, 5.41) is 12.9. The molecule has 0 unspecified atom stereocenters. The van der Waals surface area contributed by atoms with Crippen LogP contribution in [-0.2, 0) is 9.59 Å². The van der Waals surface area contributed by atoms with Gasteiger partial charge in [-0.05, 0) is 18.9 Å². The lowest BCUT2D eigenvalue weighted by Gasteiger charge is -2.30. The fourth-order valence-corrected chi connectivity index (χ4v) is 2.45. The molecule has 1 saturated heterocycles. The van der Waals surface area contributed by atoms with Crippen molar-refractivity contribution in [2.75, 3.05) is 4.90 Å². The summed E-state index contributed by atoms with van der Waals surface area (Å²) in [4.78, 5) is 46.8. The highest BCUT2D eigenvalue weighted by Crippen LogP contribution is 2.50. The molecule has 1 heterocycles. The first-order valence-electron chi connectivity index (χ1n) is 6.01. The van der Waals surface area contributed by atoms with Crippen LogP contribution in [0.2, 0.25) is 5.02 Å². The molecule has 0 atom stereocenters. The van der Waals surface area contributed by atoms with E-state index in [1.807, 2.05) is 0 Å². The zero-order valence-electron chi connectivity index (χ0n) is 10.5. The third-order valence-corrected chi connectivity index (χ3v) is 3.92. The molecule has 0 aromatic heterocycles. The van der Waals surface area contributed by atoms with E-state index in [1.54, 1.807) is 0 Å². The van der Waals surface area contributed by atoms with Crippen molar-refractivity contribution in [1.82, 2.24) is 5.32 Å². The Kier molecular flexibility index (Phi) is 2.74. The van der Waals surface area contributed by atoms with Gasteiger partial charge in [0.15, 0.2) is 0 Å². The summed E-state index contributed by atoms with van der Waals surface area (Å²) < 4.78 is 0. The molecule has 1 aromatic rings. The van der Waals surface area contributed by atoms with Crippen LogP contribution in [0.3, 0.4) is 0 Å². The number of benzene rings is 1. The highest BCUT2D eigenvalue weighted by molar-refractivity contribution is 6.38. The predicted molar refractivity (Wildman–Crippen MR) is 70.8 cm³/mol. The third kappa shape index (κ3) is 1.87. The number of barbiturate groups is 1. The summed E-state index contributed by atoms with van der Waals surface area (Å²) in [6.45, 7) is 0. The molecule has 4 amide bonds. The van der Waals surface area contributed by atoms with Crippen LogP contribution in [0.15, 0.2) is 18.2 Å². The number of carbonyl (C=O) groups excluding carboxylic acids is 3. The maximum absolute atomic E-state index is 12.4. The first-order chi connectivity index (χ1) is 9.86. The van der Waals surface area contributed by atoms with Crippen LogP contribution >= 0.6 is 11.6 Å². The Morgan fingerprint density at radius 1 is 1.29 bits per heavy atom. The lowest BCUT2D eigenvalue weighted by Crippen LogP contribution is -2.59. The van der Waals surface area contributed by atoms with Crippen molar-refractivity contribution in [3.63, 3.8) is 0 Å². The van der Waals surface area contributed by atoms with Gasteiger partial charge in [-0.3, -0.25) is 25.0 Å². The van der Waals surface area contributed by atoms with E-state index in [0.29, 0.717) is 17.7 Å². The Balaban J connectivity index is 2.09. The summed E-state index contributed by atoms with van der Waals surface area (Å²) >= 11 is 5.93. The average molecular weight is 310 g/mol. The Hall–Kier alpha value is -2.48. The van der Waals surface area contributed by atoms with Crippen LogP contribution < -0.4 is 10.2 Å². The Morgan fingerprint density at radius 3 is 2.52 bits per heavy atom. The number of amides is 4. The molecule has 8 nitrogen and oxygen atoms in total. The minimum Gasteiger partial charge on any atom is -0.276 e. The van der Waals surface area contributed by atoms with E-state index in [-0.39, 0.29) is 16.4 Å². The smallest absolute Gasteiger partial charge is 0.276 e. The first-order valence-corrected chi connectivity index (χ1v) is 6.38. The molecular weight excluding hydrogens is 302 g/mol. The highest BCUT2D eigenvalue weighted by atomic mass is 35.5. The van der Waals surface area contributed by atoms with Gasteiger partial charge in [0, 0.05) is 12.1 Å². The Labute approximate surface area is 122 Å². The number of nitro groups is 1. The minimum absolute atomic E-state index is 0.00856. The molecule has 21 heavy (non-hydrogen) atoms. The van der Waals surface area contributed by atoms with Gasteiger partial charge in [-0.25, -0.2) is 9.69 Å². The van der Waals surface area contributed by atoms with Crippen molar-refractivity contribution >= 4 is 40.8 Å². The van der Waals surface area contributed by atoms with Crippen molar-refractivity contribution in [2.45, 2.75) is 12.8 Å². The average Bonchev–Trinajstić information content (AvgIpc) is 3.20. The Morgan fingerprint density at radius 2 is 1.95 bits per heavy atom. The molecule has 108 valence electrons. The maximum Gasteiger partial charge on any atom is 0.335 e. The van der Waals surface area contributed by atoms with Crippen molar-refractivity contribution in [3.05, 3.63) is 33.3 Å². The molecule has 3 rings (SSSR count). The third-order valence-electron chi connectivity index (χ3n) is 3.60. The van der Waals surface area contributed by atoms with Crippen molar-refractivity contribution in [3.8, 4) is 0 Å². The van der Waals surface area contributed by atoms with Gasteiger partial charge < -0.3 is 0 Å². The second kappa shape index (κ2) is 4.26. The molecule has 1 aromatic carbocycles. The first kappa shape index (κ1) is 13.5. The fraction of sp³-hybridized carbons (Fsp3) is 0.250. The summed E-state index contributed by atoms with van der Waals surface area (Å²) in [7, 11) is 0. The number of nitrogens with zero attached hydrogens (tertiary/aromatic N) is 2. The number of nitrogens with one attached hydrogen (secondary N) is 1. The van der Waals surface area contributed by atoms with Gasteiger partial charge in [0.1, 0.15) is 5.41 Å². The number of imide groups is 2. The molecule has 1 aliphatic carbocycles. The van der Waals surface area contributed by atoms with E-state index in [4.69, 9.17) is 11.6 Å². The maximum atomic E-state index is 12.4. The topological polar surface area (TPSA) is 110 Å². The number of anilines is 1. The zero-order valence-corrected chi connectivity index (χ0v) is 11.2. The van der Waals surface area contributed by atoms with Crippen LogP contribution in [0.5, 0.6) is 0 Å². The van der Waals surface area contributed by atoms with Crippen molar-refractivity contribution in [1.29, 1.82) is 0 Å². The van der Waals surface area contributed by atoms with Gasteiger partial charge in [-0.2, -0.15) is 0 Å². The van der Waals surface area contributed by atoms with E-state index in [2.05, 4.69) is 5.32 Å². The summed E-state index contributed by atoms with van der Waals surface area (Å²) in [6.07, 6.45) is 0.683. The monoisotopic (exact) mass is 309 g/mol. The SMILES string of the molecule is O=C1NC(=O)C2(CC2)C(=O)N1c1cc([N+](=O)[O-])ccc1Cl.